The molecule has 0 saturated carbocycles. The number of benzene rings is 1. The first-order valence-electron chi connectivity index (χ1n) is 7.51. The van der Waals surface area contributed by atoms with Gasteiger partial charge < -0.3 is 10.4 Å². The van der Waals surface area contributed by atoms with Gasteiger partial charge in [0.2, 0.25) is 5.91 Å². The Balaban J connectivity index is 2.01. The van der Waals surface area contributed by atoms with Crippen molar-refractivity contribution in [3.05, 3.63) is 33.3 Å². The van der Waals surface area contributed by atoms with E-state index >= 15 is 0 Å². The predicted molar refractivity (Wildman–Crippen MR) is 88.1 cm³/mol. The molecule has 1 aliphatic rings. The van der Waals surface area contributed by atoms with Crippen LogP contribution in [0.2, 0.25) is 5.02 Å². The monoisotopic (exact) mass is 355 g/mol. The number of amides is 1. The number of carbonyl (C=O) groups is 2. The molecule has 0 bridgehead atoms. The SMILES string of the molecule is CC(C(=O)Nc1cc([N+](=O)[O-])ccc1Cl)N1CCC(C(=O)O)CC1. The van der Waals surface area contributed by atoms with Gasteiger partial charge in [0.1, 0.15) is 0 Å². The molecule has 0 spiro atoms. The number of rotatable bonds is 5. The van der Waals surface area contributed by atoms with Gasteiger partial charge in [-0.3, -0.25) is 24.6 Å². The number of nitrogens with zero attached hydrogens (tertiary/aromatic N) is 2. The number of hydrogen-bond acceptors (Lipinski definition) is 5. The number of carboxylic acids is 1. The summed E-state index contributed by atoms with van der Waals surface area (Å²) in [6, 6.07) is 3.34. The molecule has 24 heavy (non-hydrogen) atoms. The fourth-order valence-electron chi connectivity index (χ4n) is 2.66. The van der Waals surface area contributed by atoms with E-state index < -0.39 is 16.9 Å². The van der Waals surface area contributed by atoms with Crippen LogP contribution in [0, 0.1) is 16.0 Å². The zero-order valence-corrected chi connectivity index (χ0v) is 13.8. The van der Waals surface area contributed by atoms with Crippen LogP contribution in [0.5, 0.6) is 0 Å². The number of piperidine rings is 1. The number of likely N-dealkylation sites (tertiary alicyclic amines) is 1. The molecule has 1 unspecified atom stereocenters. The quantitative estimate of drug-likeness (QED) is 0.619. The molecule has 2 N–H and O–H groups in total. The lowest BCUT2D eigenvalue weighted by Gasteiger charge is -2.33. The second-order valence-corrected chi connectivity index (χ2v) is 6.14. The van der Waals surface area contributed by atoms with E-state index in [9.17, 15) is 19.7 Å². The number of carbonyl (C=O) groups excluding carboxylic acids is 1. The first-order valence-corrected chi connectivity index (χ1v) is 7.89. The molecule has 1 heterocycles. The first-order chi connectivity index (χ1) is 11.3. The van der Waals surface area contributed by atoms with Crippen molar-refractivity contribution in [2.24, 2.45) is 5.92 Å². The second-order valence-electron chi connectivity index (χ2n) is 5.73. The Morgan fingerprint density at radius 1 is 1.42 bits per heavy atom. The largest absolute Gasteiger partial charge is 0.481 e. The van der Waals surface area contributed by atoms with E-state index in [0.717, 1.165) is 0 Å². The number of carboxylic acid groups (broad SMARTS) is 1. The van der Waals surface area contributed by atoms with Crippen LogP contribution in [-0.4, -0.2) is 45.9 Å². The first kappa shape index (κ1) is 18.2. The van der Waals surface area contributed by atoms with Gasteiger partial charge in [0.25, 0.3) is 5.69 Å². The number of halogens is 1. The summed E-state index contributed by atoms with van der Waals surface area (Å²) in [6.45, 7) is 2.73. The Labute approximate surface area is 143 Å². The fourth-order valence-corrected chi connectivity index (χ4v) is 2.82. The van der Waals surface area contributed by atoms with Gasteiger partial charge in [-0.25, -0.2) is 0 Å². The third-order valence-corrected chi connectivity index (χ3v) is 4.55. The maximum Gasteiger partial charge on any atom is 0.306 e. The summed E-state index contributed by atoms with van der Waals surface area (Å²) in [4.78, 5) is 35.5. The van der Waals surface area contributed by atoms with Gasteiger partial charge in [0, 0.05) is 12.1 Å². The molecular formula is C15H18ClN3O5. The summed E-state index contributed by atoms with van der Waals surface area (Å²) < 4.78 is 0. The normalized spacial score (nSPS) is 17.2. The lowest BCUT2D eigenvalue weighted by Crippen LogP contribution is -2.47. The molecule has 0 aromatic heterocycles. The van der Waals surface area contributed by atoms with E-state index in [0.29, 0.717) is 25.9 Å². The van der Waals surface area contributed by atoms with Gasteiger partial charge in [0.05, 0.1) is 27.6 Å². The molecule has 0 radical (unpaired) electrons. The van der Waals surface area contributed by atoms with Crippen molar-refractivity contribution in [2.75, 3.05) is 18.4 Å². The van der Waals surface area contributed by atoms with Crippen LogP contribution in [0.1, 0.15) is 19.8 Å². The molecule has 130 valence electrons. The second kappa shape index (κ2) is 7.59. The number of aliphatic carboxylic acids is 1. The third kappa shape index (κ3) is 4.21. The van der Waals surface area contributed by atoms with Gasteiger partial charge in [-0.15, -0.1) is 0 Å². The Bertz CT molecular complexity index is 659. The van der Waals surface area contributed by atoms with E-state index in [-0.39, 0.29) is 28.2 Å². The van der Waals surface area contributed by atoms with E-state index in [1.807, 2.05) is 4.90 Å². The van der Waals surface area contributed by atoms with Crippen LogP contribution < -0.4 is 5.32 Å². The lowest BCUT2D eigenvalue weighted by atomic mass is 9.96. The molecule has 1 saturated heterocycles. The Kier molecular flexibility index (Phi) is 5.74. The van der Waals surface area contributed by atoms with E-state index in [1.165, 1.54) is 18.2 Å². The van der Waals surface area contributed by atoms with Crippen molar-refractivity contribution >= 4 is 34.9 Å². The molecule has 1 fully saturated rings. The summed E-state index contributed by atoms with van der Waals surface area (Å²) in [5.41, 5.74) is 0.0211. The Morgan fingerprint density at radius 2 is 2.04 bits per heavy atom. The van der Waals surface area contributed by atoms with E-state index in [1.54, 1.807) is 6.92 Å². The smallest absolute Gasteiger partial charge is 0.306 e. The minimum absolute atomic E-state index is 0.162. The van der Waals surface area contributed by atoms with Crippen LogP contribution in [0.15, 0.2) is 18.2 Å². The highest BCUT2D eigenvalue weighted by atomic mass is 35.5. The molecule has 1 atom stereocenters. The van der Waals surface area contributed by atoms with Gasteiger partial charge >= 0.3 is 5.97 Å². The van der Waals surface area contributed by atoms with Crippen LogP contribution in [-0.2, 0) is 9.59 Å². The minimum Gasteiger partial charge on any atom is -0.481 e. The summed E-state index contributed by atoms with van der Waals surface area (Å²) in [5, 5.41) is 22.6. The van der Waals surface area contributed by atoms with Gasteiger partial charge in [-0.2, -0.15) is 0 Å². The molecule has 0 aliphatic carbocycles. The van der Waals surface area contributed by atoms with Crippen molar-refractivity contribution in [2.45, 2.75) is 25.8 Å². The van der Waals surface area contributed by atoms with Crippen molar-refractivity contribution in [1.29, 1.82) is 0 Å². The van der Waals surface area contributed by atoms with Crippen LogP contribution in [0.3, 0.4) is 0 Å². The summed E-state index contributed by atoms with van der Waals surface area (Å²) in [6.07, 6.45) is 0.981. The molecule has 1 aromatic rings. The topological polar surface area (TPSA) is 113 Å². The zero-order valence-electron chi connectivity index (χ0n) is 13.1. The van der Waals surface area contributed by atoms with Crippen LogP contribution in [0.25, 0.3) is 0 Å². The fraction of sp³-hybridized carbons (Fsp3) is 0.467. The number of non-ortho nitro benzene ring substituents is 1. The van der Waals surface area contributed by atoms with Crippen molar-refractivity contribution < 1.29 is 19.6 Å². The van der Waals surface area contributed by atoms with Crippen LogP contribution in [0.4, 0.5) is 11.4 Å². The molecule has 1 aliphatic heterocycles. The number of nitro benzene ring substituents is 1. The minimum atomic E-state index is -0.810. The number of hydrogen-bond donors (Lipinski definition) is 2. The molecule has 1 aromatic carbocycles. The van der Waals surface area contributed by atoms with Crippen LogP contribution >= 0.6 is 11.6 Å². The van der Waals surface area contributed by atoms with Gasteiger partial charge in [0.15, 0.2) is 0 Å². The van der Waals surface area contributed by atoms with E-state index in [2.05, 4.69) is 5.32 Å². The molecule has 1 amide bonds. The standard InChI is InChI=1S/C15H18ClN3O5/c1-9(18-6-4-10(5-7-18)15(21)22)14(20)17-13-8-11(19(23)24)2-3-12(13)16/h2-3,8-10H,4-7H2,1H3,(H,17,20)(H,21,22). The number of nitro groups is 1. The highest BCUT2D eigenvalue weighted by Crippen LogP contribution is 2.27. The highest BCUT2D eigenvalue weighted by molar-refractivity contribution is 6.33. The van der Waals surface area contributed by atoms with Crippen molar-refractivity contribution in [1.82, 2.24) is 4.90 Å². The van der Waals surface area contributed by atoms with Crippen molar-refractivity contribution in [3.63, 3.8) is 0 Å². The number of nitrogens with one attached hydrogen (secondary N) is 1. The third-order valence-electron chi connectivity index (χ3n) is 4.22. The lowest BCUT2D eigenvalue weighted by molar-refractivity contribution is -0.384. The average Bonchev–Trinajstić information content (AvgIpc) is 2.55. The predicted octanol–water partition coefficient (Wildman–Crippen LogP) is 2.37. The zero-order chi connectivity index (χ0) is 17.9. The van der Waals surface area contributed by atoms with Gasteiger partial charge in [-0.05, 0) is 38.9 Å². The van der Waals surface area contributed by atoms with E-state index in [4.69, 9.17) is 16.7 Å². The maximum absolute atomic E-state index is 12.4. The summed E-state index contributed by atoms with van der Waals surface area (Å²) in [7, 11) is 0. The average molecular weight is 356 g/mol. The highest BCUT2D eigenvalue weighted by Gasteiger charge is 2.29. The summed E-state index contributed by atoms with van der Waals surface area (Å²) in [5.74, 6) is -1.52. The Hall–Kier alpha value is -2.19. The molecular weight excluding hydrogens is 338 g/mol. The van der Waals surface area contributed by atoms with Crippen molar-refractivity contribution in [3.8, 4) is 0 Å². The van der Waals surface area contributed by atoms with Gasteiger partial charge in [-0.1, -0.05) is 11.6 Å². The number of anilines is 1. The Morgan fingerprint density at radius 3 is 2.58 bits per heavy atom. The summed E-state index contributed by atoms with van der Waals surface area (Å²) >= 11 is 5.97. The molecule has 9 heteroatoms. The maximum atomic E-state index is 12.4. The molecule has 8 nitrogen and oxygen atoms in total. The molecule has 2 rings (SSSR count).